The van der Waals surface area contributed by atoms with Crippen molar-refractivity contribution in [2.75, 3.05) is 18.8 Å². The summed E-state index contributed by atoms with van der Waals surface area (Å²) < 4.78 is 0. The van der Waals surface area contributed by atoms with E-state index in [2.05, 4.69) is 16.0 Å². The van der Waals surface area contributed by atoms with Crippen LogP contribution in [0.15, 0.2) is 30.3 Å². The van der Waals surface area contributed by atoms with Gasteiger partial charge in [0.1, 0.15) is 0 Å². The molecule has 1 atom stereocenters. The van der Waals surface area contributed by atoms with Gasteiger partial charge in [-0.3, -0.25) is 9.88 Å². The zero-order valence-corrected chi connectivity index (χ0v) is 10.2. The maximum Gasteiger partial charge on any atom is 0.0707 e. The largest absolute Gasteiger partial charge is 0.399 e. The second-order valence-electron chi connectivity index (χ2n) is 4.93. The van der Waals surface area contributed by atoms with E-state index in [9.17, 15) is 5.11 Å². The maximum atomic E-state index is 9.50. The number of likely N-dealkylation sites (tertiary alicyclic amines) is 1. The second kappa shape index (κ2) is 4.55. The summed E-state index contributed by atoms with van der Waals surface area (Å²) in [6, 6.07) is 9.85. The number of hydrogen-bond donors (Lipinski definition) is 2. The zero-order chi connectivity index (χ0) is 12.5. The van der Waals surface area contributed by atoms with E-state index in [-0.39, 0.29) is 6.10 Å². The maximum absolute atomic E-state index is 9.50. The van der Waals surface area contributed by atoms with E-state index in [1.165, 1.54) is 0 Å². The normalized spacial score (nSPS) is 20.6. The first-order valence-electron chi connectivity index (χ1n) is 6.26. The highest BCUT2D eigenvalue weighted by molar-refractivity contribution is 5.81. The molecule has 18 heavy (non-hydrogen) atoms. The van der Waals surface area contributed by atoms with Crippen LogP contribution in [0.5, 0.6) is 0 Å². The van der Waals surface area contributed by atoms with Crippen molar-refractivity contribution in [3.05, 3.63) is 36.0 Å². The van der Waals surface area contributed by atoms with Crippen LogP contribution in [0.4, 0.5) is 5.69 Å². The summed E-state index contributed by atoms with van der Waals surface area (Å²) in [6.07, 6.45) is 0.690. The molecule has 2 aromatic rings. The molecule has 0 unspecified atom stereocenters. The summed E-state index contributed by atoms with van der Waals surface area (Å²) in [7, 11) is 0. The summed E-state index contributed by atoms with van der Waals surface area (Å²) in [6.45, 7) is 2.50. The fraction of sp³-hybridized carbons (Fsp3) is 0.357. The number of pyridine rings is 1. The number of rotatable bonds is 2. The molecule has 1 aliphatic heterocycles. The SMILES string of the molecule is Nc1ccc2nc(CN3CC[C@@H](O)C3)ccc2c1. The molecule has 2 heterocycles. The lowest BCUT2D eigenvalue weighted by Crippen LogP contribution is -2.22. The molecule has 1 aromatic carbocycles. The van der Waals surface area contributed by atoms with E-state index in [1.807, 2.05) is 24.3 Å². The van der Waals surface area contributed by atoms with Gasteiger partial charge in [0.15, 0.2) is 0 Å². The fourth-order valence-corrected chi connectivity index (χ4v) is 2.46. The van der Waals surface area contributed by atoms with E-state index >= 15 is 0 Å². The number of anilines is 1. The van der Waals surface area contributed by atoms with Crippen molar-refractivity contribution in [2.45, 2.75) is 19.1 Å². The lowest BCUT2D eigenvalue weighted by atomic mass is 10.2. The molecule has 94 valence electrons. The van der Waals surface area contributed by atoms with Gasteiger partial charge in [-0.1, -0.05) is 6.07 Å². The molecule has 3 rings (SSSR count). The van der Waals surface area contributed by atoms with Crippen molar-refractivity contribution in [3.8, 4) is 0 Å². The topological polar surface area (TPSA) is 62.4 Å². The quantitative estimate of drug-likeness (QED) is 0.782. The summed E-state index contributed by atoms with van der Waals surface area (Å²) in [4.78, 5) is 6.86. The number of β-amino-alcohol motifs (C(OH)–C–C–N with tert-alkyl or cyclic N) is 1. The Morgan fingerprint density at radius 1 is 1.33 bits per heavy atom. The number of hydrogen-bond acceptors (Lipinski definition) is 4. The number of nitrogen functional groups attached to an aromatic ring is 1. The highest BCUT2D eigenvalue weighted by Gasteiger charge is 2.20. The molecule has 1 saturated heterocycles. The van der Waals surface area contributed by atoms with Gasteiger partial charge in [-0.25, -0.2) is 0 Å². The Morgan fingerprint density at radius 2 is 2.22 bits per heavy atom. The Labute approximate surface area is 106 Å². The lowest BCUT2D eigenvalue weighted by Gasteiger charge is -2.14. The molecule has 1 aliphatic rings. The summed E-state index contributed by atoms with van der Waals surface area (Å²) >= 11 is 0. The van der Waals surface area contributed by atoms with Gasteiger partial charge in [0.25, 0.3) is 0 Å². The smallest absolute Gasteiger partial charge is 0.0707 e. The standard InChI is InChI=1S/C14H17N3O/c15-11-2-4-14-10(7-11)1-3-12(16-14)8-17-6-5-13(18)9-17/h1-4,7,13,18H,5-6,8-9,15H2/t13-/m1/s1. The van der Waals surface area contributed by atoms with Gasteiger partial charge in [0.05, 0.1) is 17.3 Å². The Hall–Kier alpha value is -1.65. The minimum Gasteiger partial charge on any atom is -0.399 e. The van der Waals surface area contributed by atoms with E-state index < -0.39 is 0 Å². The molecular weight excluding hydrogens is 226 g/mol. The molecule has 0 amide bonds. The van der Waals surface area contributed by atoms with Crippen molar-refractivity contribution in [1.82, 2.24) is 9.88 Å². The second-order valence-corrected chi connectivity index (χ2v) is 4.93. The summed E-state index contributed by atoms with van der Waals surface area (Å²) in [5.41, 5.74) is 8.53. The van der Waals surface area contributed by atoms with E-state index in [0.717, 1.165) is 48.3 Å². The first-order chi connectivity index (χ1) is 8.70. The molecule has 1 aromatic heterocycles. The summed E-state index contributed by atoms with van der Waals surface area (Å²) in [5, 5.41) is 10.6. The Morgan fingerprint density at radius 3 is 3.00 bits per heavy atom. The molecule has 0 saturated carbocycles. The third-order valence-corrected chi connectivity index (χ3v) is 3.40. The molecule has 0 spiro atoms. The number of aromatic nitrogens is 1. The number of nitrogens with zero attached hydrogens (tertiary/aromatic N) is 2. The highest BCUT2D eigenvalue weighted by Crippen LogP contribution is 2.18. The molecule has 0 aliphatic carbocycles. The van der Waals surface area contributed by atoms with Gasteiger partial charge in [-0.2, -0.15) is 0 Å². The fourth-order valence-electron chi connectivity index (χ4n) is 2.46. The van der Waals surface area contributed by atoms with Crippen LogP contribution < -0.4 is 5.73 Å². The molecular formula is C14H17N3O. The minimum atomic E-state index is -0.176. The molecule has 0 radical (unpaired) electrons. The van der Waals surface area contributed by atoms with Crippen LogP contribution in [0.25, 0.3) is 10.9 Å². The van der Waals surface area contributed by atoms with Crippen LogP contribution in [0, 0.1) is 0 Å². The van der Waals surface area contributed by atoms with Gasteiger partial charge in [-0.05, 0) is 30.7 Å². The van der Waals surface area contributed by atoms with Crippen molar-refractivity contribution in [1.29, 1.82) is 0 Å². The first-order valence-corrected chi connectivity index (χ1v) is 6.26. The number of nitrogens with two attached hydrogens (primary N) is 1. The predicted molar refractivity (Wildman–Crippen MR) is 72.1 cm³/mol. The summed E-state index contributed by atoms with van der Waals surface area (Å²) in [5.74, 6) is 0. The Balaban J connectivity index is 1.82. The van der Waals surface area contributed by atoms with Crippen molar-refractivity contribution >= 4 is 16.6 Å². The van der Waals surface area contributed by atoms with Crippen molar-refractivity contribution in [3.63, 3.8) is 0 Å². The number of fused-ring (bicyclic) bond motifs is 1. The third kappa shape index (κ3) is 2.30. The number of aliphatic hydroxyl groups is 1. The van der Waals surface area contributed by atoms with Gasteiger partial charge in [0, 0.05) is 30.7 Å². The first kappa shape index (κ1) is 11.4. The van der Waals surface area contributed by atoms with Gasteiger partial charge in [0.2, 0.25) is 0 Å². The Bertz CT molecular complexity index is 570. The van der Waals surface area contributed by atoms with Crippen LogP contribution in [-0.4, -0.2) is 34.2 Å². The third-order valence-electron chi connectivity index (χ3n) is 3.40. The zero-order valence-electron chi connectivity index (χ0n) is 10.2. The van der Waals surface area contributed by atoms with E-state index in [0.29, 0.717) is 0 Å². The van der Waals surface area contributed by atoms with Crippen LogP contribution in [0.2, 0.25) is 0 Å². The van der Waals surface area contributed by atoms with Crippen molar-refractivity contribution < 1.29 is 5.11 Å². The lowest BCUT2D eigenvalue weighted by molar-refractivity contribution is 0.174. The van der Waals surface area contributed by atoms with Crippen LogP contribution in [0.1, 0.15) is 12.1 Å². The molecule has 4 nitrogen and oxygen atoms in total. The molecule has 4 heteroatoms. The van der Waals surface area contributed by atoms with Crippen molar-refractivity contribution in [2.24, 2.45) is 0 Å². The van der Waals surface area contributed by atoms with E-state index in [1.54, 1.807) is 0 Å². The monoisotopic (exact) mass is 243 g/mol. The van der Waals surface area contributed by atoms with Crippen LogP contribution in [0.3, 0.4) is 0 Å². The number of benzene rings is 1. The molecule has 3 N–H and O–H groups in total. The van der Waals surface area contributed by atoms with Gasteiger partial charge < -0.3 is 10.8 Å². The van der Waals surface area contributed by atoms with Gasteiger partial charge >= 0.3 is 0 Å². The highest BCUT2D eigenvalue weighted by atomic mass is 16.3. The molecule has 1 fully saturated rings. The average molecular weight is 243 g/mol. The minimum absolute atomic E-state index is 0.176. The average Bonchev–Trinajstić information content (AvgIpc) is 2.75. The Kier molecular flexibility index (Phi) is 2.89. The number of aliphatic hydroxyl groups excluding tert-OH is 1. The van der Waals surface area contributed by atoms with Crippen LogP contribution >= 0.6 is 0 Å². The molecule has 0 bridgehead atoms. The van der Waals surface area contributed by atoms with E-state index in [4.69, 9.17) is 5.73 Å². The van der Waals surface area contributed by atoms with Gasteiger partial charge in [-0.15, -0.1) is 0 Å². The van der Waals surface area contributed by atoms with Crippen LogP contribution in [-0.2, 0) is 6.54 Å². The predicted octanol–water partition coefficient (Wildman–Crippen LogP) is 1.38.